The van der Waals surface area contributed by atoms with Crippen LogP contribution in [0, 0.1) is 0 Å². The summed E-state index contributed by atoms with van der Waals surface area (Å²) in [5, 5.41) is 0.496. The van der Waals surface area contributed by atoms with E-state index in [1.165, 1.54) is 6.07 Å². The average Bonchev–Trinajstić information content (AvgIpc) is 3.10. The van der Waals surface area contributed by atoms with Crippen LogP contribution in [0.25, 0.3) is 34.1 Å². The van der Waals surface area contributed by atoms with Crippen molar-refractivity contribution in [3.05, 3.63) is 42.9 Å². The summed E-state index contributed by atoms with van der Waals surface area (Å²) >= 11 is 0.957. The molecule has 0 atom stereocenters. The number of nitrogens with zero attached hydrogens (tertiary/aromatic N) is 6. The molecule has 0 amide bonds. The van der Waals surface area contributed by atoms with Crippen molar-refractivity contribution < 1.29 is 12.8 Å². The molecule has 0 aliphatic heterocycles. The summed E-state index contributed by atoms with van der Waals surface area (Å²) in [5.74, 6) is 0.659. The maximum absolute atomic E-state index is 12.7. The molecule has 0 saturated carbocycles. The van der Waals surface area contributed by atoms with Crippen molar-refractivity contribution in [1.29, 1.82) is 0 Å². The van der Waals surface area contributed by atoms with E-state index < -0.39 is 15.8 Å². The Balaban J connectivity index is 1.97. The summed E-state index contributed by atoms with van der Waals surface area (Å²) < 4.78 is 39.9. The molecule has 4 rings (SSSR count). The van der Waals surface area contributed by atoms with Crippen molar-refractivity contribution in [2.75, 3.05) is 11.8 Å². The van der Waals surface area contributed by atoms with Crippen LogP contribution in [0.1, 0.15) is 6.92 Å². The van der Waals surface area contributed by atoms with Crippen LogP contribution in [0.3, 0.4) is 0 Å². The highest BCUT2D eigenvalue weighted by molar-refractivity contribution is 7.99. The normalized spacial score (nSPS) is 11.8. The van der Waals surface area contributed by atoms with Gasteiger partial charge < -0.3 is 4.57 Å². The van der Waals surface area contributed by atoms with Crippen molar-refractivity contribution >= 4 is 32.6 Å². The first kappa shape index (κ1) is 20.4. The van der Waals surface area contributed by atoms with E-state index in [2.05, 4.69) is 24.9 Å². The van der Waals surface area contributed by atoms with E-state index >= 15 is 0 Å². The van der Waals surface area contributed by atoms with Crippen LogP contribution in [0.5, 0.6) is 0 Å². The molecule has 0 aromatic carbocycles. The zero-order valence-corrected chi connectivity index (χ0v) is 17.8. The molecule has 154 valence electrons. The van der Waals surface area contributed by atoms with Gasteiger partial charge in [0.15, 0.2) is 21.5 Å². The summed E-state index contributed by atoms with van der Waals surface area (Å²) in [5.41, 5.74) is 1.89. The molecule has 4 heterocycles. The van der Waals surface area contributed by atoms with Crippen molar-refractivity contribution in [2.24, 2.45) is 7.05 Å². The Hall–Kier alpha value is -2.92. The smallest absolute Gasteiger partial charge is 0.180 e. The molecule has 8 nitrogen and oxygen atoms in total. The van der Waals surface area contributed by atoms with E-state index in [0.717, 1.165) is 11.8 Å². The van der Waals surface area contributed by atoms with Gasteiger partial charge in [0.1, 0.15) is 22.4 Å². The van der Waals surface area contributed by atoms with E-state index in [1.54, 1.807) is 55.3 Å². The van der Waals surface area contributed by atoms with Crippen LogP contribution in [0.15, 0.2) is 52.8 Å². The van der Waals surface area contributed by atoms with E-state index in [1.807, 2.05) is 0 Å². The van der Waals surface area contributed by atoms with Gasteiger partial charge in [-0.15, -0.1) is 0 Å². The highest BCUT2D eigenvalue weighted by atomic mass is 32.2. The standard InChI is InChI=1S/C19H17FN6O2S2/c1-3-30(27,28)15-6-5-12(18-21-7-4-8-22-18)24-17(15)19-25-13-9-16(29-11-20)23-10-14(13)26(19)2/h4-10H,3,11H2,1-2H3. The minimum Gasteiger partial charge on any atom is -0.324 e. The number of hydrogen-bond acceptors (Lipinski definition) is 8. The molecule has 0 fully saturated rings. The Bertz CT molecular complexity index is 1330. The van der Waals surface area contributed by atoms with Crippen LogP contribution in [0.4, 0.5) is 4.39 Å². The highest BCUT2D eigenvalue weighted by Gasteiger charge is 2.24. The summed E-state index contributed by atoms with van der Waals surface area (Å²) in [6.45, 7) is 1.58. The fraction of sp³-hybridized carbons (Fsp3) is 0.211. The Morgan fingerprint density at radius 2 is 1.90 bits per heavy atom. The number of alkyl halides is 1. The Labute approximate surface area is 176 Å². The molecule has 30 heavy (non-hydrogen) atoms. The van der Waals surface area contributed by atoms with Crippen LogP contribution in [-0.4, -0.2) is 49.7 Å². The second-order valence-corrected chi connectivity index (χ2v) is 9.45. The second-order valence-electron chi connectivity index (χ2n) is 6.28. The molecule has 4 aromatic heterocycles. The third-order valence-corrected chi connectivity index (χ3v) is 6.91. The maximum atomic E-state index is 12.7. The van der Waals surface area contributed by atoms with Gasteiger partial charge in [0.25, 0.3) is 0 Å². The number of aryl methyl sites for hydroxylation is 1. The minimum absolute atomic E-state index is 0.0777. The predicted molar refractivity (Wildman–Crippen MR) is 112 cm³/mol. The number of fused-ring (bicyclic) bond motifs is 1. The minimum atomic E-state index is -3.57. The third kappa shape index (κ3) is 3.65. The zero-order valence-electron chi connectivity index (χ0n) is 16.1. The molecule has 0 radical (unpaired) electrons. The fourth-order valence-electron chi connectivity index (χ4n) is 2.99. The third-order valence-electron chi connectivity index (χ3n) is 4.52. The van der Waals surface area contributed by atoms with Crippen LogP contribution < -0.4 is 0 Å². The van der Waals surface area contributed by atoms with Gasteiger partial charge in [-0.25, -0.2) is 37.7 Å². The number of thioether (sulfide) groups is 1. The fourth-order valence-corrected chi connectivity index (χ4v) is 4.44. The first-order valence-electron chi connectivity index (χ1n) is 8.97. The van der Waals surface area contributed by atoms with Gasteiger partial charge in [-0.2, -0.15) is 0 Å². The molecule has 0 saturated heterocycles. The highest BCUT2D eigenvalue weighted by Crippen LogP contribution is 2.31. The SMILES string of the molecule is CCS(=O)(=O)c1ccc(-c2ncccn2)nc1-c1nc2cc(SCF)ncc2n1C. The number of pyridine rings is 2. The van der Waals surface area contributed by atoms with Crippen LogP contribution >= 0.6 is 11.8 Å². The topological polar surface area (TPSA) is 104 Å². The monoisotopic (exact) mass is 444 g/mol. The van der Waals surface area contributed by atoms with Crippen molar-refractivity contribution in [2.45, 2.75) is 16.8 Å². The lowest BCUT2D eigenvalue weighted by Gasteiger charge is -2.10. The molecule has 0 bridgehead atoms. The summed E-state index contributed by atoms with van der Waals surface area (Å²) in [6, 6.07) is 5.85. The number of sulfone groups is 1. The van der Waals surface area contributed by atoms with Crippen molar-refractivity contribution in [1.82, 2.24) is 29.5 Å². The number of hydrogen-bond donors (Lipinski definition) is 0. The van der Waals surface area contributed by atoms with Gasteiger partial charge in [-0.05, 0) is 24.3 Å². The Morgan fingerprint density at radius 1 is 1.13 bits per heavy atom. The predicted octanol–water partition coefficient (Wildman–Crippen LogP) is 3.30. The first-order valence-corrected chi connectivity index (χ1v) is 11.6. The van der Waals surface area contributed by atoms with Gasteiger partial charge in [0, 0.05) is 19.4 Å². The lowest BCUT2D eigenvalue weighted by Crippen LogP contribution is -2.09. The van der Waals surface area contributed by atoms with E-state index in [-0.39, 0.29) is 16.3 Å². The molecule has 0 spiro atoms. The molecule has 0 N–H and O–H groups in total. The lowest BCUT2D eigenvalue weighted by molar-refractivity contribution is 0.597. The molecular formula is C19H17FN6O2S2. The van der Waals surface area contributed by atoms with E-state index in [9.17, 15) is 12.8 Å². The molecule has 0 unspecified atom stereocenters. The van der Waals surface area contributed by atoms with E-state index in [4.69, 9.17) is 0 Å². The molecule has 0 aliphatic rings. The van der Waals surface area contributed by atoms with Crippen LogP contribution in [-0.2, 0) is 16.9 Å². The van der Waals surface area contributed by atoms with Crippen LogP contribution in [0.2, 0.25) is 0 Å². The van der Waals surface area contributed by atoms with Gasteiger partial charge in [-0.3, -0.25) is 0 Å². The largest absolute Gasteiger partial charge is 0.324 e. The number of aromatic nitrogens is 6. The van der Waals surface area contributed by atoms with Gasteiger partial charge >= 0.3 is 0 Å². The second kappa shape index (κ2) is 8.07. The van der Waals surface area contributed by atoms with Crippen molar-refractivity contribution in [3.63, 3.8) is 0 Å². The number of halogens is 1. The summed E-state index contributed by atoms with van der Waals surface area (Å²) in [7, 11) is -1.82. The van der Waals surface area contributed by atoms with Gasteiger partial charge in [0.05, 0.1) is 27.9 Å². The maximum Gasteiger partial charge on any atom is 0.180 e. The molecular weight excluding hydrogens is 427 g/mol. The lowest BCUT2D eigenvalue weighted by atomic mass is 10.2. The number of imidazole rings is 1. The first-order chi connectivity index (χ1) is 14.4. The molecule has 4 aromatic rings. The van der Waals surface area contributed by atoms with Gasteiger partial charge in [-0.1, -0.05) is 18.7 Å². The zero-order chi connectivity index (χ0) is 21.3. The van der Waals surface area contributed by atoms with E-state index in [0.29, 0.717) is 33.4 Å². The Kier molecular flexibility index (Phi) is 5.48. The van der Waals surface area contributed by atoms with Crippen molar-refractivity contribution in [3.8, 4) is 23.0 Å². The van der Waals surface area contributed by atoms with Gasteiger partial charge in [0.2, 0.25) is 0 Å². The quantitative estimate of drug-likeness (QED) is 0.417. The average molecular weight is 445 g/mol. The Morgan fingerprint density at radius 3 is 2.60 bits per heavy atom. The summed E-state index contributed by atoms with van der Waals surface area (Å²) in [6.07, 6.45) is 4.76. The molecule has 0 aliphatic carbocycles. The molecule has 11 heteroatoms. The number of rotatable bonds is 6. The summed E-state index contributed by atoms with van der Waals surface area (Å²) in [4.78, 5) is 21.8.